The standard InChI is InChI=1S/C28H24F6N6/c1-17-4-8-20(9-5-17)37-26-38-23-13-16-40(25-22(28(32,33)34)3-2-14-35-25)15-12-21(23)24(39-26)36-19-10-6-18(7-11-19)27(29,30)31/h2-11,14H,12-13,15-16H2,1H3,(H2,36,37,38,39). The Kier molecular flexibility index (Phi) is 7.26. The number of fused-ring (bicyclic) bond motifs is 1. The maximum atomic E-state index is 13.7. The normalized spacial score (nSPS) is 13.9. The molecule has 0 spiro atoms. The Hall–Kier alpha value is -4.35. The summed E-state index contributed by atoms with van der Waals surface area (Å²) in [4.78, 5) is 14.8. The minimum Gasteiger partial charge on any atom is -0.355 e. The Bertz CT molecular complexity index is 1480. The molecule has 5 rings (SSSR count). The van der Waals surface area contributed by atoms with Crippen LogP contribution in [-0.4, -0.2) is 28.0 Å². The third-order valence-corrected chi connectivity index (χ3v) is 6.52. The predicted octanol–water partition coefficient (Wildman–Crippen LogP) is 7.31. The fraction of sp³-hybridized carbons (Fsp3) is 0.250. The summed E-state index contributed by atoms with van der Waals surface area (Å²) in [7, 11) is 0. The van der Waals surface area contributed by atoms with Gasteiger partial charge in [0.15, 0.2) is 0 Å². The van der Waals surface area contributed by atoms with Crippen molar-refractivity contribution in [3.8, 4) is 0 Å². The van der Waals surface area contributed by atoms with Crippen LogP contribution < -0.4 is 15.5 Å². The molecule has 2 aromatic carbocycles. The van der Waals surface area contributed by atoms with E-state index in [0.29, 0.717) is 29.2 Å². The second-order valence-electron chi connectivity index (χ2n) is 9.37. The van der Waals surface area contributed by atoms with E-state index in [4.69, 9.17) is 0 Å². The van der Waals surface area contributed by atoms with Gasteiger partial charge in [0.2, 0.25) is 5.95 Å². The molecule has 6 nitrogen and oxygen atoms in total. The number of hydrogen-bond acceptors (Lipinski definition) is 6. The predicted molar refractivity (Wildman–Crippen MR) is 140 cm³/mol. The molecule has 0 aliphatic carbocycles. The van der Waals surface area contributed by atoms with Crippen molar-refractivity contribution in [3.63, 3.8) is 0 Å². The van der Waals surface area contributed by atoms with Crippen molar-refractivity contribution in [3.05, 3.63) is 94.8 Å². The highest BCUT2D eigenvalue weighted by Crippen LogP contribution is 2.37. The molecule has 0 amide bonds. The summed E-state index contributed by atoms with van der Waals surface area (Å²) in [5.74, 6) is 0.448. The summed E-state index contributed by atoms with van der Waals surface area (Å²) in [6.07, 6.45) is -7.13. The molecule has 2 N–H and O–H groups in total. The van der Waals surface area contributed by atoms with Crippen molar-refractivity contribution in [2.24, 2.45) is 0 Å². The van der Waals surface area contributed by atoms with Crippen molar-refractivity contribution in [1.29, 1.82) is 0 Å². The number of alkyl halides is 6. The number of nitrogens with zero attached hydrogens (tertiary/aromatic N) is 4. The van der Waals surface area contributed by atoms with Crippen molar-refractivity contribution in [2.75, 3.05) is 28.6 Å². The average molecular weight is 559 g/mol. The van der Waals surface area contributed by atoms with Crippen LogP contribution in [0.2, 0.25) is 0 Å². The topological polar surface area (TPSA) is 66.0 Å². The third-order valence-electron chi connectivity index (χ3n) is 6.52. The molecule has 0 saturated carbocycles. The Morgan fingerprint density at radius 2 is 1.40 bits per heavy atom. The van der Waals surface area contributed by atoms with E-state index in [1.165, 1.54) is 24.4 Å². The lowest BCUT2D eigenvalue weighted by atomic mass is 10.1. The van der Waals surface area contributed by atoms with Crippen LogP contribution in [0, 0.1) is 6.92 Å². The second kappa shape index (κ2) is 10.7. The molecular formula is C28H24F6N6. The fourth-order valence-corrected chi connectivity index (χ4v) is 4.49. The monoisotopic (exact) mass is 558 g/mol. The maximum Gasteiger partial charge on any atom is 0.419 e. The lowest BCUT2D eigenvalue weighted by molar-refractivity contribution is -0.138. The fourth-order valence-electron chi connectivity index (χ4n) is 4.49. The van der Waals surface area contributed by atoms with E-state index in [9.17, 15) is 26.3 Å². The highest BCUT2D eigenvalue weighted by molar-refractivity contribution is 5.65. The van der Waals surface area contributed by atoms with Crippen molar-refractivity contribution >= 4 is 29.0 Å². The molecule has 0 unspecified atom stereocenters. The van der Waals surface area contributed by atoms with Gasteiger partial charge in [0.05, 0.1) is 16.8 Å². The van der Waals surface area contributed by atoms with Gasteiger partial charge in [0.25, 0.3) is 0 Å². The number of hydrogen-bond donors (Lipinski definition) is 2. The molecule has 4 aromatic rings. The zero-order valence-electron chi connectivity index (χ0n) is 21.2. The molecule has 0 fully saturated rings. The average Bonchev–Trinajstić information content (AvgIpc) is 3.12. The minimum absolute atomic E-state index is 0.161. The van der Waals surface area contributed by atoms with E-state index < -0.39 is 23.5 Å². The Labute approximate surface area is 226 Å². The molecule has 208 valence electrons. The van der Waals surface area contributed by atoms with Gasteiger partial charge in [-0.25, -0.2) is 9.97 Å². The smallest absolute Gasteiger partial charge is 0.355 e. The first-order valence-electron chi connectivity index (χ1n) is 12.4. The quantitative estimate of drug-likeness (QED) is 0.251. The van der Waals surface area contributed by atoms with Gasteiger partial charge in [-0.15, -0.1) is 0 Å². The van der Waals surface area contributed by atoms with Crippen molar-refractivity contribution in [2.45, 2.75) is 32.1 Å². The molecule has 12 heteroatoms. The highest BCUT2D eigenvalue weighted by Gasteiger charge is 2.36. The van der Waals surface area contributed by atoms with Gasteiger partial charge >= 0.3 is 12.4 Å². The molecule has 0 saturated heterocycles. The van der Waals surface area contributed by atoms with Crippen LogP contribution in [-0.2, 0) is 25.2 Å². The number of aromatic nitrogens is 3. The molecular weight excluding hydrogens is 534 g/mol. The van der Waals surface area contributed by atoms with E-state index >= 15 is 0 Å². The van der Waals surface area contributed by atoms with Gasteiger partial charge in [0.1, 0.15) is 11.6 Å². The molecule has 0 radical (unpaired) electrons. The lowest BCUT2D eigenvalue weighted by Crippen LogP contribution is -2.29. The summed E-state index contributed by atoms with van der Waals surface area (Å²) in [5.41, 5.74) is 1.84. The number of pyridine rings is 1. The summed E-state index contributed by atoms with van der Waals surface area (Å²) >= 11 is 0. The number of anilines is 5. The number of halogens is 6. The van der Waals surface area contributed by atoms with Gasteiger partial charge in [-0.1, -0.05) is 17.7 Å². The van der Waals surface area contributed by atoms with Crippen LogP contribution in [0.5, 0.6) is 0 Å². The molecule has 1 aliphatic rings. The number of rotatable bonds is 5. The van der Waals surface area contributed by atoms with Gasteiger partial charge in [-0.2, -0.15) is 31.3 Å². The zero-order chi connectivity index (χ0) is 28.5. The zero-order valence-corrected chi connectivity index (χ0v) is 21.2. The van der Waals surface area contributed by atoms with Crippen LogP contribution in [0.15, 0.2) is 66.9 Å². The van der Waals surface area contributed by atoms with E-state index in [1.54, 1.807) is 4.90 Å². The summed E-state index contributed by atoms with van der Waals surface area (Å²) in [6.45, 7) is 2.39. The van der Waals surface area contributed by atoms with E-state index in [1.807, 2.05) is 31.2 Å². The van der Waals surface area contributed by atoms with Crippen molar-refractivity contribution in [1.82, 2.24) is 15.0 Å². The molecule has 0 atom stereocenters. The largest absolute Gasteiger partial charge is 0.419 e. The van der Waals surface area contributed by atoms with Crippen LogP contribution in [0.3, 0.4) is 0 Å². The van der Waals surface area contributed by atoms with Crippen LogP contribution in [0.25, 0.3) is 0 Å². The summed E-state index contributed by atoms with van der Waals surface area (Å²) < 4.78 is 80.2. The number of benzene rings is 2. The molecule has 2 aromatic heterocycles. The first kappa shape index (κ1) is 27.2. The molecule has 3 heterocycles. The van der Waals surface area contributed by atoms with Gasteiger partial charge in [-0.05, 0) is 61.9 Å². The van der Waals surface area contributed by atoms with E-state index in [2.05, 4.69) is 25.6 Å². The maximum absolute atomic E-state index is 13.7. The molecule has 40 heavy (non-hydrogen) atoms. The summed E-state index contributed by atoms with van der Waals surface area (Å²) in [6, 6.07) is 14.3. The third kappa shape index (κ3) is 6.11. The first-order valence-corrected chi connectivity index (χ1v) is 12.4. The number of nitrogens with one attached hydrogen (secondary N) is 2. The second-order valence-corrected chi connectivity index (χ2v) is 9.37. The minimum atomic E-state index is -4.57. The first-order chi connectivity index (χ1) is 19.0. The van der Waals surface area contributed by atoms with E-state index in [-0.39, 0.29) is 31.3 Å². The van der Waals surface area contributed by atoms with E-state index in [0.717, 1.165) is 29.4 Å². The Morgan fingerprint density at radius 3 is 2.08 bits per heavy atom. The molecule has 1 aliphatic heterocycles. The van der Waals surface area contributed by atoms with Crippen molar-refractivity contribution < 1.29 is 26.3 Å². The highest BCUT2D eigenvalue weighted by atomic mass is 19.4. The van der Waals surface area contributed by atoms with Gasteiger partial charge < -0.3 is 15.5 Å². The number of aryl methyl sites for hydroxylation is 1. The summed E-state index contributed by atoms with van der Waals surface area (Å²) in [5, 5.41) is 6.23. The van der Waals surface area contributed by atoms with Gasteiger partial charge in [-0.3, -0.25) is 0 Å². The van der Waals surface area contributed by atoms with Crippen LogP contribution >= 0.6 is 0 Å². The Balaban J connectivity index is 1.49. The van der Waals surface area contributed by atoms with Crippen LogP contribution in [0.1, 0.15) is 27.9 Å². The SMILES string of the molecule is Cc1ccc(Nc2nc3c(c(Nc4ccc(C(F)(F)F)cc4)n2)CCN(c2ncccc2C(F)(F)F)CC3)cc1. The molecule has 0 bridgehead atoms. The van der Waals surface area contributed by atoms with Crippen LogP contribution in [0.4, 0.5) is 55.3 Å². The Morgan fingerprint density at radius 1 is 0.750 bits per heavy atom. The lowest BCUT2D eigenvalue weighted by Gasteiger charge is -2.24. The van der Waals surface area contributed by atoms with Gasteiger partial charge in [0, 0.05) is 42.6 Å².